The van der Waals surface area contributed by atoms with Crippen LogP contribution in [0.5, 0.6) is 0 Å². The van der Waals surface area contributed by atoms with E-state index in [0.29, 0.717) is 18.1 Å². The van der Waals surface area contributed by atoms with Gasteiger partial charge in [0, 0.05) is 6.04 Å². The van der Waals surface area contributed by atoms with Gasteiger partial charge in [-0.15, -0.1) is 0 Å². The van der Waals surface area contributed by atoms with Gasteiger partial charge in [-0.25, -0.2) is 0 Å². The second-order valence-electron chi connectivity index (χ2n) is 4.15. The van der Waals surface area contributed by atoms with Crippen molar-refractivity contribution in [1.82, 2.24) is 5.32 Å². The van der Waals surface area contributed by atoms with Crippen molar-refractivity contribution in [2.24, 2.45) is 17.3 Å². The summed E-state index contributed by atoms with van der Waals surface area (Å²) in [6.45, 7) is 6.02. The van der Waals surface area contributed by atoms with Crippen molar-refractivity contribution in [2.75, 3.05) is 13.2 Å². The molecule has 1 aliphatic carbocycles. The zero-order valence-electron chi connectivity index (χ0n) is 6.59. The molecule has 2 heteroatoms. The summed E-state index contributed by atoms with van der Waals surface area (Å²) in [6, 6.07) is 0.389. The molecule has 2 nitrogen and oxygen atoms in total. The van der Waals surface area contributed by atoms with E-state index in [1.54, 1.807) is 0 Å². The first-order valence-corrected chi connectivity index (χ1v) is 4.02. The fourth-order valence-corrected chi connectivity index (χ4v) is 2.56. The van der Waals surface area contributed by atoms with Crippen LogP contribution in [0.3, 0.4) is 0 Å². The summed E-state index contributed by atoms with van der Waals surface area (Å²) >= 11 is 0. The second-order valence-corrected chi connectivity index (χ2v) is 4.15. The summed E-state index contributed by atoms with van der Waals surface area (Å²) in [5.74, 6) is 1.59. The number of piperidine rings is 1. The highest BCUT2D eigenvalue weighted by Crippen LogP contribution is 2.62. The molecule has 10 heavy (non-hydrogen) atoms. The van der Waals surface area contributed by atoms with Crippen molar-refractivity contribution in [2.45, 2.75) is 19.9 Å². The van der Waals surface area contributed by atoms with Crippen LogP contribution in [-0.4, -0.2) is 24.3 Å². The standard InChI is InChI=1S/C8H15NO/c1-8(2)5-3-9-6(4-10)7(5)8/h5-7,9-10H,3-4H2,1-2H3/t5-,6-,7-/m1/s1. The lowest BCUT2D eigenvalue weighted by atomic mass is 10.0. The minimum atomic E-state index is 0.310. The third-order valence-corrected chi connectivity index (χ3v) is 3.37. The van der Waals surface area contributed by atoms with E-state index in [0.717, 1.165) is 18.4 Å². The van der Waals surface area contributed by atoms with E-state index in [4.69, 9.17) is 5.11 Å². The van der Waals surface area contributed by atoms with Gasteiger partial charge in [-0.3, -0.25) is 0 Å². The first-order valence-electron chi connectivity index (χ1n) is 4.02. The number of aliphatic hydroxyl groups is 1. The number of hydrogen-bond donors (Lipinski definition) is 2. The van der Waals surface area contributed by atoms with Crippen molar-refractivity contribution in [3.63, 3.8) is 0 Å². The summed E-state index contributed by atoms with van der Waals surface area (Å²) < 4.78 is 0. The Hall–Kier alpha value is -0.0800. The second kappa shape index (κ2) is 1.74. The van der Waals surface area contributed by atoms with Crippen molar-refractivity contribution in [1.29, 1.82) is 0 Å². The van der Waals surface area contributed by atoms with Crippen molar-refractivity contribution in [3.05, 3.63) is 0 Å². The van der Waals surface area contributed by atoms with Gasteiger partial charge < -0.3 is 10.4 Å². The third kappa shape index (κ3) is 0.611. The molecular formula is C8H15NO. The third-order valence-electron chi connectivity index (χ3n) is 3.37. The number of nitrogens with one attached hydrogen (secondary N) is 1. The lowest BCUT2D eigenvalue weighted by Crippen LogP contribution is -2.33. The van der Waals surface area contributed by atoms with Crippen molar-refractivity contribution < 1.29 is 5.11 Å². The average molecular weight is 141 g/mol. The normalized spacial score (nSPS) is 48.9. The van der Waals surface area contributed by atoms with Gasteiger partial charge in [0.1, 0.15) is 0 Å². The van der Waals surface area contributed by atoms with Gasteiger partial charge >= 0.3 is 0 Å². The first-order chi connectivity index (χ1) is 4.68. The van der Waals surface area contributed by atoms with E-state index in [9.17, 15) is 0 Å². The molecule has 0 spiro atoms. The van der Waals surface area contributed by atoms with E-state index in [2.05, 4.69) is 19.2 Å². The molecule has 2 fully saturated rings. The maximum atomic E-state index is 8.93. The molecule has 0 amide bonds. The van der Waals surface area contributed by atoms with Crippen LogP contribution in [0.1, 0.15) is 13.8 Å². The summed E-state index contributed by atoms with van der Waals surface area (Å²) in [6.07, 6.45) is 0. The first kappa shape index (κ1) is 6.62. The van der Waals surface area contributed by atoms with E-state index in [-0.39, 0.29) is 0 Å². The number of rotatable bonds is 1. The van der Waals surface area contributed by atoms with E-state index in [1.165, 1.54) is 0 Å². The summed E-state index contributed by atoms with van der Waals surface area (Å²) in [7, 11) is 0. The summed E-state index contributed by atoms with van der Waals surface area (Å²) in [5, 5.41) is 12.2. The molecule has 2 N–H and O–H groups in total. The fourth-order valence-electron chi connectivity index (χ4n) is 2.56. The summed E-state index contributed by atoms with van der Waals surface area (Å²) in [5.41, 5.74) is 0.513. The van der Waals surface area contributed by atoms with Gasteiger partial charge in [0.15, 0.2) is 0 Å². The fraction of sp³-hybridized carbons (Fsp3) is 1.00. The highest BCUT2D eigenvalue weighted by atomic mass is 16.3. The Kier molecular flexibility index (Phi) is 1.15. The Bertz CT molecular complexity index is 155. The molecule has 0 radical (unpaired) electrons. The zero-order chi connectivity index (χ0) is 7.35. The van der Waals surface area contributed by atoms with E-state index in [1.807, 2.05) is 0 Å². The Balaban J connectivity index is 2.07. The Morgan fingerprint density at radius 3 is 2.60 bits per heavy atom. The van der Waals surface area contributed by atoms with Crippen LogP contribution in [0.2, 0.25) is 0 Å². The van der Waals surface area contributed by atoms with Crippen LogP contribution in [0, 0.1) is 17.3 Å². The minimum absolute atomic E-state index is 0.310. The molecule has 0 unspecified atom stereocenters. The molecule has 2 aliphatic rings. The minimum Gasteiger partial charge on any atom is -0.395 e. The SMILES string of the molecule is CC1(C)[C@@H]2[C@H]1CN[C@@H]2CO. The van der Waals surface area contributed by atoms with Gasteiger partial charge in [-0.1, -0.05) is 13.8 Å². The Morgan fingerprint density at radius 2 is 2.30 bits per heavy atom. The Morgan fingerprint density at radius 1 is 1.60 bits per heavy atom. The molecule has 1 saturated carbocycles. The molecule has 3 atom stereocenters. The monoisotopic (exact) mass is 141 g/mol. The number of hydrogen-bond acceptors (Lipinski definition) is 2. The van der Waals surface area contributed by atoms with Gasteiger partial charge in [0.2, 0.25) is 0 Å². The average Bonchev–Trinajstić information content (AvgIpc) is 2.28. The van der Waals surface area contributed by atoms with Crippen LogP contribution >= 0.6 is 0 Å². The van der Waals surface area contributed by atoms with Gasteiger partial charge in [0.25, 0.3) is 0 Å². The molecular weight excluding hydrogens is 126 g/mol. The highest BCUT2D eigenvalue weighted by molar-refractivity contribution is 5.14. The van der Waals surface area contributed by atoms with Crippen LogP contribution in [0.15, 0.2) is 0 Å². The van der Waals surface area contributed by atoms with E-state index < -0.39 is 0 Å². The Labute approximate surface area is 61.6 Å². The predicted octanol–water partition coefficient (Wildman–Crippen LogP) is 0.223. The van der Waals surface area contributed by atoms with Crippen LogP contribution in [-0.2, 0) is 0 Å². The smallest absolute Gasteiger partial charge is 0.0587 e. The van der Waals surface area contributed by atoms with Crippen LogP contribution in [0.25, 0.3) is 0 Å². The molecule has 2 rings (SSSR count). The molecule has 1 aliphatic heterocycles. The molecule has 1 saturated heterocycles. The number of aliphatic hydroxyl groups excluding tert-OH is 1. The predicted molar refractivity (Wildman–Crippen MR) is 39.6 cm³/mol. The highest BCUT2D eigenvalue weighted by Gasteiger charge is 2.63. The topological polar surface area (TPSA) is 32.3 Å². The van der Waals surface area contributed by atoms with Crippen molar-refractivity contribution in [3.8, 4) is 0 Å². The largest absolute Gasteiger partial charge is 0.395 e. The molecule has 1 heterocycles. The molecule has 0 aromatic carbocycles. The van der Waals surface area contributed by atoms with Gasteiger partial charge in [-0.2, -0.15) is 0 Å². The maximum Gasteiger partial charge on any atom is 0.0587 e. The molecule has 0 bridgehead atoms. The molecule has 0 aromatic rings. The van der Waals surface area contributed by atoms with Crippen molar-refractivity contribution >= 4 is 0 Å². The number of fused-ring (bicyclic) bond motifs is 1. The lowest BCUT2D eigenvalue weighted by Gasteiger charge is -2.15. The quantitative estimate of drug-likeness (QED) is 0.547. The zero-order valence-corrected chi connectivity index (χ0v) is 6.59. The van der Waals surface area contributed by atoms with Crippen LogP contribution < -0.4 is 5.32 Å². The van der Waals surface area contributed by atoms with Gasteiger partial charge in [-0.05, 0) is 23.8 Å². The summed E-state index contributed by atoms with van der Waals surface area (Å²) in [4.78, 5) is 0. The van der Waals surface area contributed by atoms with Crippen LogP contribution in [0.4, 0.5) is 0 Å². The maximum absolute atomic E-state index is 8.93. The van der Waals surface area contributed by atoms with Gasteiger partial charge in [0.05, 0.1) is 6.61 Å². The molecule has 58 valence electrons. The van der Waals surface area contributed by atoms with E-state index >= 15 is 0 Å². The molecule has 0 aromatic heterocycles. The lowest BCUT2D eigenvalue weighted by molar-refractivity contribution is 0.226.